The Morgan fingerprint density at radius 3 is 2.60 bits per heavy atom. The van der Waals surface area contributed by atoms with Gasteiger partial charge in [-0.15, -0.1) is 0 Å². The third-order valence-electron chi connectivity index (χ3n) is 3.51. The molecule has 0 aromatic heterocycles. The van der Waals surface area contributed by atoms with E-state index in [1.54, 1.807) is 6.92 Å². The van der Waals surface area contributed by atoms with Crippen molar-refractivity contribution in [3.63, 3.8) is 0 Å². The summed E-state index contributed by atoms with van der Waals surface area (Å²) in [5.74, 6) is 0. The second kappa shape index (κ2) is 4.97. The number of rotatable bonds is 1. The molecule has 1 aliphatic heterocycles. The molecular weight excluding hydrogens is 275 g/mol. The first-order valence-electron chi connectivity index (χ1n) is 6.17. The lowest BCUT2D eigenvalue weighted by Gasteiger charge is -2.37. The topological polar surface area (TPSA) is 60.8 Å². The number of alkyl halides is 3. The molecule has 2 N–H and O–H groups in total. The zero-order chi connectivity index (χ0) is 15.1. The Morgan fingerprint density at radius 1 is 1.45 bits per heavy atom. The number of nitrogens with zero attached hydrogens (tertiary/aromatic N) is 1. The first kappa shape index (κ1) is 14.6. The van der Waals surface area contributed by atoms with Crippen molar-refractivity contribution in [2.45, 2.75) is 38.1 Å². The highest BCUT2D eigenvalue weighted by Crippen LogP contribution is 2.41. The van der Waals surface area contributed by atoms with Gasteiger partial charge in [-0.05, 0) is 31.0 Å². The summed E-state index contributed by atoms with van der Waals surface area (Å²) in [6.45, 7) is 1.77. The molecule has 2 rings (SSSR count). The number of fused-ring (bicyclic) bond motifs is 1. The number of aliphatic hydroxyl groups excluding tert-OH is 1. The van der Waals surface area contributed by atoms with E-state index in [1.807, 2.05) is 0 Å². The maximum Gasteiger partial charge on any atom is 0.416 e. The van der Waals surface area contributed by atoms with Crippen LogP contribution in [0.1, 0.15) is 37.0 Å². The number of carbonyl (C=O) groups is 1. The van der Waals surface area contributed by atoms with Crippen LogP contribution in [0.25, 0.3) is 0 Å². The molecule has 20 heavy (non-hydrogen) atoms. The molecule has 0 aliphatic carbocycles. The van der Waals surface area contributed by atoms with E-state index < -0.39 is 30.0 Å². The minimum absolute atomic E-state index is 0.00641. The SMILES string of the molecule is CC[C@@H]1C[C@H](O)c2cc(C(F)(F)F)ccc2N1C(=O)O. The maximum absolute atomic E-state index is 12.7. The number of carboxylic acid groups (broad SMARTS) is 1. The third kappa shape index (κ3) is 2.45. The smallest absolute Gasteiger partial charge is 0.416 e. The van der Waals surface area contributed by atoms with Crippen molar-refractivity contribution in [3.8, 4) is 0 Å². The van der Waals surface area contributed by atoms with Crippen molar-refractivity contribution >= 4 is 11.8 Å². The summed E-state index contributed by atoms with van der Waals surface area (Å²) in [5, 5.41) is 19.2. The summed E-state index contributed by atoms with van der Waals surface area (Å²) < 4.78 is 38.0. The number of benzene rings is 1. The van der Waals surface area contributed by atoms with Crippen molar-refractivity contribution in [2.75, 3.05) is 4.90 Å². The fourth-order valence-electron chi connectivity index (χ4n) is 2.51. The van der Waals surface area contributed by atoms with Gasteiger partial charge in [-0.25, -0.2) is 4.79 Å². The molecule has 2 atom stereocenters. The predicted molar refractivity (Wildman–Crippen MR) is 65.6 cm³/mol. The minimum Gasteiger partial charge on any atom is -0.465 e. The molecule has 1 aliphatic rings. The van der Waals surface area contributed by atoms with Gasteiger partial charge in [0.15, 0.2) is 0 Å². The molecule has 0 bridgehead atoms. The van der Waals surface area contributed by atoms with Crippen molar-refractivity contribution < 1.29 is 28.2 Å². The van der Waals surface area contributed by atoms with Gasteiger partial charge in [0.05, 0.1) is 17.4 Å². The van der Waals surface area contributed by atoms with Gasteiger partial charge in [-0.3, -0.25) is 4.90 Å². The Balaban J connectivity index is 2.54. The van der Waals surface area contributed by atoms with Gasteiger partial charge in [-0.2, -0.15) is 13.2 Å². The molecule has 1 heterocycles. The molecule has 7 heteroatoms. The molecule has 0 radical (unpaired) electrons. The molecule has 4 nitrogen and oxygen atoms in total. The average Bonchev–Trinajstić information content (AvgIpc) is 2.36. The molecular formula is C13H14F3NO3. The van der Waals surface area contributed by atoms with Crippen LogP contribution in [0.3, 0.4) is 0 Å². The summed E-state index contributed by atoms with van der Waals surface area (Å²) in [7, 11) is 0. The summed E-state index contributed by atoms with van der Waals surface area (Å²) in [6, 6.07) is 2.32. The van der Waals surface area contributed by atoms with Crippen LogP contribution in [0.2, 0.25) is 0 Å². The highest BCUT2D eigenvalue weighted by atomic mass is 19.4. The van der Waals surface area contributed by atoms with Crippen LogP contribution in [0.15, 0.2) is 18.2 Å². The third-order valence-corrected chi connectivity index (χ3v) is 3.51. The first-order chi connectivity index (χ1) is 9.25. The summed E-state index contributed by atoms with van der Waals surface area (Å²) in [5.41, 5.74) is -0.765. The molecule has 110 valence electrons. The van der Waals surface area contributed by atoms with E-state index in [2.05, 4.69) is 0 Å². The van der Waals surface area contributed by atoms with Gasteiger partial charge in [0.1, 0.15) is 0 Å². The Labute approximate surface area is 113 Å². The molecule has 0 unspecified atom stereocenters. The largest absolute Gasteiger partial charge is 0.465 e. The van der Waals surface area contributed by atoms with Gasteiger partial charge in [0.2, 0.25) is 0 Å². The Bertz CT molecular complexity index is 530. The van der Waals surface area contributed by atoms with E-state index in [-0.39, 0.29) is 17.7 Å². The molecule has 0 fully saturated rings. The van der Waals surface area contributed by atoms with E-state index in [1.165, 1.54) is 0 Å². The quantitative estimate of drug-likeness (QED) is 0.833. The van der Waals surface area contributed by atoms with Crippen LogP contribution < -0.4 is 4.90 Å². The molecule has 1 aromatic carbocycles. The van der Waals surface area contributed by atoms with E-state index in [9.17, 15) is 28.2 Å². The van der Waals surface area contributed by atoms with Crippen LogP contribution in [0, 0.1) is 0 Å². The number of hydrogen-bond acceptors (Lipinski definition) is 2. The Kier molecular flexibility index (Phi) is 3.64. The van der Waals surface area contributed by atoms with Crippen LogP contribution in [-0.4, -0.2) is 22.3 Å². The number of halogens is 3. The zero-order valence-corrected chi connectivity index (χ0v) is 10.7. The summed E-state index contributed by atoms with van der Waals surface area (Å²) in [4.78, 5) is 12.3. The van der Waals surface area contributed by atoms with E-state index in [0.29, 0.717) is 6.42 Å². The number of hydrogen-bond donors (Lipinski definition) is 2. The maximum atomic E-state index is 12.7. The lowest BCUT2D eigenvalue weighted by molar-refractivity contribution is -0.137. The second-order valence-electron chi connectivity index (χ2n) is 4.74. The average molecular weight is 289 g/mol. The van der Waals surface area contributed by atoms with Crippen molar-refractivity contribution in [2.24, 2.45) is 0 Å². The standard InChI is InChI=1S/C13H14F3NO3/c1-2-8-6-11(18)9-5-7(13(14,15)16)3-4-10(9)17(8)12(19)20/h3-5,8,11,18H,2,6H2,1H3,(H,19,20)/t8-,11+/m1/s1. The summed E-state index contributed by atoms with van der Waals surface area (Å²) >= 11 is 0. The van der Waals surface area contributed by atoms with Crippen LogP contribution >= 0.6 is 0 Å². The van der Waals surface area contributed by atoms with Crippen molar-refractivity contribution in [1.29, 1.82) is 0 Å². The number of amides is 1. The zero-order valence-electron chi connectivity index (χ0n) is 10.7. The molecule has 1 aromatic rings. The Morgan fingerprint density at radius 2 is 2.10 bits per heavy atom. The molecule has 0 saturated carbocycles. The van der Waals surface area contributed by atoms with Crippen LogP contribution in [0.5, 0.6) is 0 Å². The normalized spacial score (nSPS) is 22.6. The highest BCUT2D eigenvalue weighted by Gasteiger charge is 2.37. The van der Waals surface area contributed by atoms with Gasteiger partial charge >= 0.3 is 12.3 Å². The van der Waals surface area contributed by atoms with Gasteiger partial charge in [0.25, 0.3) is 0 Å². The monoisotopic (exact) mass is 289 g/mol. The fourth-order valence-corrected chi connectivity index (χ4v) is 2.51. The summed E-state index contributed by atoms with van der Waals surface area (Å²) in [6.07, 6.45) is -6.27. The van der Waals surface area contributed by atoms with Gasteiger partial charge in [0, 0.05) is 11.6 Å². The second-order valence-corrected chi connectivity index (χ2v) is 4.74. The van der Waals surface area contributed by atoms with Crippen molar-refractivity contribution in [3.05, 3.63) is 29.3 Å². The number of anilines is 1. The predicted octanol–water partition coefficient (Wildman–Crippen LogP) is 3.41. The first-order valence-corrected chi connectivity index (χ1v) is 6.17. The van der Waals surface area contributed by atoms with E-state index in [0.717, 1.165) is 23.1 Å². The van der Waals surface area contributed by atoms with Crippen LogP contribution in [0.4, 0.5) is 23.7 Å². The minimum atomic E-state index is -4.52. The Hall–Kier alpha value is -1.76. The molecule has 0 spiro atoms. The van der Waals surface area contributed by atoms with E-state index in [4.69, 9.17) is 0 Å². The fraction of sp³-hybridized carbons (Fsp3) is 0.462. The molecule has 0 saturated heterocycles. The van der Waals surface area contributed by atoms with Crippen LogP contribution in [-0.2, 0) is 6.18 Å². The number of aliphatic hydroxyl groups is 1. The lowest BCUT2D eigenvalue weighted by Crippen LogP contribution is -2.43. The highest BCUT2D eigenvalue weighted by molar-refractivity contribution is 5.88. The molecule has 1 amide bonds. The lowest BCUT2D eigenvalue weighted by atomic mass is 9.91. The van der Waals surface area contributed by atoms with Crippen molar-refractivity contribution in [1.82, 2.24) is 0 Å². The van der Waals surface area contributed by atoms with Gasteiger partial charge < -0.3 is 10.2 Å². The van der Waals surface area contributed by atoms with E-state index >= 15 is 0 Å². The van der Waals surface area contributed by atoms with Gasteiger partial charge in [-0.1, -0.05) is 6.92 Å².